The Balaban J connectivity index is 3.08. The Morgan fingerprint density at radius 2 is 1.84 bits per heavy atom. The minimum Gasteiger partial charge on any atom is -0.480 e. The van der Waals surface area contributed by atoms with E-state index in [1.807, 2.05) is 0 Å². The summed E-state index contributed by atoms with van der Waals surface area (Å²) in [7, 11) is -3.99. The summed E-state index contributed by atoms with van der Waals surface area (Å²) in [5, 5.41) is 7.37. The maximum absolute atomic E-state index is 13.0. The number of benzene rings is 1. The van der Waals surface area contributed by atoms with E-state index in [4.69, 9.17) is 5.11 Å². The maximum atomic E-state index is 13.0. The van der Waals surface area contributed by atoms with Gasteiger partial charge in [0.15, 0.2) is 26.7 Å². The summed E-state index contributed by atoms with van der Waals surface area (Å²) in [6.45, 7) is 2.95. The average Bonchev–Trinajstić information content (AvgIpc) is 2.21. The summed E-state index contributed by atoms with van der Waals surface area (Å²) < 4.78 is 49.7. The molecule has 19 heavy (non-hydrogen) atoms. The van der Waals surface area contributed by atoms with Gasteiger partial charge < -0.3 is 5.11 Å². The average molecular weight is 292 g/mol. The molecule has 0 saturated carbocycles. The van der Waals surface area contributed by atoms with Crippen LogP contribution in [0.3, 0.4) is 0 Å². The number of aliphatic carboxylic acids is 1. The minimum absolute atomic E-state index is 0.0193. The van der Waals surface area contributed by atoms with Crippen LogP contribution in [0.15, 0.2) is 18.2 Å². The molecule has 1 atom stereocenters. The van der Waals surface area contributed by atoms with Crippen molar-refractivity contribution >= 4 is 15.8 Å². The Kier molecular flexibility index (Phi) is 4.62. The molecule has 0 heterocycles. The zero-order valence-electron chi connectivity index (χ0n) is 10.4. The van der Waals surface area contributed by atoms with Gasteiger partial charge in [-0.3, -0.25) is 4.79 Å². The number of carbonyl (C=O) groups is 1. The quantitative estimate of drug-likeness (QED) is 0.901. The summed E-state index contributed by atoms with van der Waals surface area (Å²) in [6, 6.07) is 2.69. The third-order valence-electron chi connectivity index (χ3n) is 2.59. The molecule has 1 aromatic carbocycles. The zero-order chi connectivity index (χ0) is 14.8. The summed E-state index contributed by atoms with van der Waals surface area (Å²) in [4.78, 5) is 11.0. The van der Waals surface area contributed by atoms with E-state index in [2.05, 4.69) is 0 Å². The van der Waals surface area contributed by atoms with E-state index < -0.39 is 44.4 Å². The number of sulfone groups is 1. The third kappa shape index (κ3) is 3.73. The molecule has 1 aromatic rings. The fourth-order valence-electron chi connectivity index (χ4n) is 1.80. The molecule has 4 nitrogen and oxygen atoms in total. The monoisotopic (exact) mass is 292 g/mol. The van der Waals surface area contributed by atoms with E-state index in [1.54, 1.807) is 0 Å². The Morgan fingerprint density at radius 1 is 1.26 bits per heavy atom. The van der Waals surface area contributed by atoms with Gasteiger partial charge in [0.05, 0.1) is 5.75 Å². The van der Waals surface area contributed by atoms with Gasteiger partial charge in [0.1, 0.15) is 0 Å². The maximum Gasteiger partial charge on any atom is 0.322 e. The predicted octanol–water partition coefficient (Wildman–Crippen LogP) is 1.99. The van der Waals surface area contributed by atoms with Crippen LogP contribution < -0.4 is 0 Å². The third-order valence-corrected chi connectivity index (χ3v) is 4.84. The summed E-state index contributed by atoms with van der Waals surface area (Å²) >= 11 is 0. The van der Waals surface area contributed by atoms with E-state index in [9.17, 15) is 22.0 Å². The first-order valence-electron chi connectivity index (χ1n) is 5.53. The molecule has 1 rings (SSSR count). The number of hydrogen-bond donors (Lipinski definition) is 1. The van der Waals surface area contributed by atoms with Crippen molar-refractivity contribution in [2.24, 2.45) is 5.92 Å². The van der Waals surface area contributed by atoms with Crippen molar-refractivity contribution in [3.8, 4) is 0 Å². The lowest BCUT2D eigenvalue weighted by Gasteiger charge is -2.16. The lowest BCUT2D eigenvalue weighted by Crippen LogP contribution is -2.35. The van der Waals surface area contributed by atoms with Gasteiger partial charge in [0.25, 0.3) is 0 Å². The molecule has 0 aliphatic rings. The standard InChI is InChI=1S/C12H14F2O4S/c1-7(2)11(12(15)16)19(17,18)6-8-3-4-9(13)10(14)5-8/h3-5,7,11H,6H2,1-2H3,(H,15,16). The second-order valence-electron chi connectivity index (χ2n) is 4.56. The normalized spacial score (nSPS) is 13.5. The Hall–Kier alpha value is -1.50. The first-order chi connectivity index (χ1) is 8.65. The highest BCUT2D eigenvalue weighted by Gasteiger charge is 2.35. The highest BCUT2D eigenvalue weighted by molar-refractivity contribution is 7.92. The number of halogens is 2. The SMILES string of the molecule is CC(C)C(C(=O)O)S(=O)(=O)Cc1ccc(F)c(F)c1. The van der Waals surface area contributed by atoms with Crippen LogP contribution in [-0.2, 0) is 20.4 Å². The molecule has 0 spiro atoms. The predicted molar refractivity (Wildman–Crippen MR) is 65.2 cm³/mol. The van der Waals surface area contributed by atoms with Gasteiger partial charge in [-0.05, 0) is 23.6 Å². The van der Waals surface area contributed by atoms with Crippen LogP contribution in [0.2, 0.25) is 0 Å². The van der Waals surface area contributed by atoms with Crippen molar-refractivity contribution in [1.82, 2.24) is 0 Å². The van der Waals surface area contributed by atoms with E-state index >= 15 is 0 Å². The van der Waals surface area contributed by atoms with Gasteiger partial charge >= 0.3 is 5.97 Å². The molecule has 0 amide bonds. The number of carboxylic acids is 1. The number of rotatable bonds is 5. The molecule has 0 aliphatic heterocycles. The molecule has 0 saturated heterocycles. The lowest BCUT2D eigenvalue weighted by molar-refractivity contribution is -0.137. The van der Waals surface area contributed by atoms with Crippen molar-refractivity contribution in [2.45, 2.75) is 24.9 Å². The van der Waals surface area contributed by atoms with E-state index in [0.29, 0.717) is 0 Å². The Morgan fingerprint density at radius 3 is 2.26 bits per heavy atom. The van der Waals surface area contributed by atoms with Crippen molar-refractivity contribution in [1.29, 1.82) is 0 Å². The van der Waals surface area contributed by atoms with Crippen molar-refractivity contribution in [3.63, 3.8) is 0 Å². The zero-order valence-corrected chi connectivity index (χ0v) is 11.2. The molecular weight excluding hydrogens is 278 g/mol. The van der Waals surface area contributed by atoms with Crippen LogP contribution in [0.1, 0.15) is 19.4 Å². The van der Waals surface area contributed by atoms with Crippen LogP contribution in [-0.4, -0.2) is 24.7 Å². The molecule has 0 radical (unpaired) electrons. The molecule has 0 fully saturated rings. The highest BCUT2D eigenvalue weighted by Crippen LogP contribution is 2.19. The van der Waals surface area contributed by atoms with Gasteiger partial charge in [-0.15, -0.1) is 0 Å². The van der Waals surface area contributed by atoms with Crippen molar-refractivity contribution in [2.75, 3.05) is 0 Å². The Labute approximate surface area is 110 Å². The highest BCUT2D eigenvalue weighted by atomic mass is 32.2. The molecule has 0 bridgehead atoms. The van der Waals surface area contributed by atoms with Crippen molar-refractivity contribution < 1.29 is 27.1 Å². The molecule has 106 valence electrons. The van der Waals surface area contributed by atoms with Gasteiger partial charge in [0.2, 0.25) is 0 Å². The fraction of sp³-hybridized carbons (Fsp3) is 0.417. The number of carboxylic acid groups (broad SMARTS) is 1. The first kappa shape index (κ1) is 15.6. The van der Waals surface area contributed by atoms with Gasteiger partial charge in [0, 0.05) is 0 Å². The number of hydrogen-bond acceptors (Lipinski definition) is 3. The topological polar surface area (TPSA) is 71.4 Å². The second kappa shape index (κ2) is 5.64. The van der Waals surface area contributed by atoms with E-state index in [1.165, 1.54) is 13.8 Å². The molecule has 0 aliphatic carbocycles. The smallest absolute Gasteiger partial charge is 0.322 e. The second-order valence-corrected chi connectivity index (χ2v) is 6.68. The minimum atomic E-state index is -3.99. The molecular formula is C12H14F2O4S. The molecule has 0 aromatic heterocycles. The Bertz CT molecular complexity index is 581. The van der Waals surface area contributed by atoms with Crippen LogP contribution in [0, 0.1) is 17.6 Å². The van der Waals surface area contributed by atoms with Crippen LogP contribution in [0.4, 0.5) is 8.78 Å². The van der Waals surface area contributed by atoms with E-state index in [0.717, 1.165) is 18.2 Å². The van der Waals surface area contributed by atoms with Crippen LogP contribution in [0.5, 0.6) is 0 Å². The first-order valence-corrected chi connectivity index (χ1v) is 7.25. The molecule has 7 heteroatoms. The molecule has 1 N–H and O–H groups in total. The van der Waals surface area contributed by atoms with Gasteiger partial charge in [-0.1, -0.05) is 19.9 Å². The van der Waals surface area contributed by atoms with Gasteiger partial charge in [-0.2, -0.15) is 0 Å². The van der Waals surface area contributed by atoms with E-state index in [-0.39, 0.29) is 5.56 Å². The molecule has 1 unspecified atom stereocenters. The summed E-state index contributed by atoms with van der Waals surface area (Å²) in [5.74, 6) is -4.95. The summed E-state index contributed by atoms with van der Waals surface area (Å²) in [6.07, 6.45) is 0. The lowest BCUT2D eigenvalue weighted by atomic mass is 10.1. The van der Waals surface area contributed by atoms with Crippen molar-refractivity contribution in [3.05, 3.63) is 35.4 Å². The largest absolute Gasteiger partial charge is 0.480 e. The van der Waals surface area contributed by atoms with Gasteiger partial charge in [-0.25, -0.2) is 17.2 Å². The fourth-order valence-corrected chi connectivity index (χ4v) is 3.77. The van der Waals surface area contributed by atoms with Crippen LogP contribution in [0.25, 0.3) is 0 Å². The van der Waals surface area contributed by atoms with Crippen LogP contribution >= 0.6 is 0 Å². The summed E-state index contributed by atoms with van der Waals surface area (Å²) in [5.41, 5.74) is 0.0193.